The summed E-state index contributed by atoms with van der Waals surface area (Å²) in [5.41, 5.74) is 3.36. The van der Waals surface area contributed by atoms with Gasteiger partial charge in [0.1, 0.15) is 17.4 Å². The predicted octanol–water partition coefficient (Wildman–Crippen LogP) is 3.98. The molecule has 8 nitrogen and oxygen atoms in total. The largest absolute Gasteiger partial charge is 0.491 e. The fourth-order valence-corrected chi connectivity index (χ4v) is 4.00. The third-order valence-electron chi connectivity index (χ3n) is 5.65. The normalized spacial score (nSPS) is 13.8. The van der Waals surface area contributed by atoms with Gasteiger partial charge in [-0.15, -0.1) is 0 Å². The van der Waals surface area contributed by atoms with Crippen LogP contribution in [0.25, 0.3) is 22.2 Å². The van der Waals surface area contributed by atoms with Crippen molar-refractivity contribution in [3.63, 3.8) is 0 Å². The maximum absolute atomic E-state index is 12.7. The van der Waals surface area contributed by atoms with Crippen LogP contribution >= 0.6 is 0 Å². The Morgan fingerprint density at radius 1 is 1.03 bits per heavy atom. The standard InChI is InChI=1S/C25H26N6O2/c1-16(2)33-20-6-4-17(5-7-20)25(32)29-23-11-18-10-19(12-26-21(18)13-27-23)22-14-28-24-15-30(3)8-9-31(22)24/h4-7,10-14,16H,8-9,15H2,1-3H3,(H,27,29,32). The number of anilines is 1. The molecule has 1 aliphatic heterocycles. The highest BCUT2D eigenvalue weighted by molar-refractivity contribution is 6.04. The van der Waals surface area contributed by atoms with E-state index in [4.69, 9.17) is 4.74 Å². The fraction of sp³-hybridized carbons (Fsp3) is 0.280. The van der Waals surface area contributed by atoms with Crippen molar-refractivity contribution in [2.24, 2.45) is 0 Å². The van der Waals surface area contributed by atoms with Crippen LogP contribution in [0.2, 0.25) is 0 Å². The SMILES string of the molecule is CC(C)Oc1ccc(C(=O)Nc2cc3cc(-c4cnc5n4CCN(C)C5)cnc3cn2)cc1. The zero-order valence-corrected chi connectivity index (χ0v) is 18.9. The van der Waals surface area contributed by atoms with E-state index in [-0.39, 0.29) is 12.0 Å². The van der Waals surface area contributed by atoms with Gasteiger partial charge in [0.05, 0.1) is 36.3 Å². The average molecular weight is 443 g/mol. The molecule has 0 fully saturated rings. The molecule has 5 rings (SSSR count). The molecular weight excluding hydrogens is 416 g/mol. The van der Waals surface area contributed by atoms with Gasteiger partial charge in [0.25, 0.3) is 5.91 Å². The number of likely N-dealkylation sites (N-methyl/N-ethyl adjacent to an activating group) is 1. The summed E-state index contributed by atoms with van der Waals surface area (Å²) in [4.78, 5) is 28.5. The maximum atomic E-state index is 12.7. The highest BCUT2D eigenvalue weighted by atomic mass is 16.5. The van der Waals surface area contributed by atoms with Gasteiger partial charge in [-0.05, 0) is 57.3 Å². The van der Waals surface area contributed by atoms with Crippen LogP contribution in [0.15, 0.2) is 55.0 Å². The van der Waals surface area contributed by atoms with E-state index in [1.54, 1.807) is 30.5 Å². The molecule has 4 aromatic rings. The zero-order chi connectivity index (χ0) is 22.9. The number of benzene rings is 1. The summed E-state index contributed by atoms with van der Waals surface area (Å²) in [7, 11) is 2.10. The van der Waals surface area contributed by atoms with Crippen LogP contribution < -0.4 is 10.1 Å². The second-order valence-corrected chi connectivity index (χ2v) is 8.58. The molecule has 1 aromatic carbocycles. The fourth-order valence-electron chi connectivity index (χ4n) is 4.00. The number of aromatic nitrogens is 4. The van der Waals surface area contributed by atoms with Crippen molar-refractivity contribution in [1.82, 2.24) is 24.4 Å². The minimum absolute atomic E-state index is 0.0828. The summed E-state index contributed by atoms with van der Waals surface area (Å²) >= 11 is 0. The van der Waals surface area contributed by atoms with Crippen molar-refractivity contribution in [2.45, 2.75) is 33.0 Å². The smallest absolute Gasteiger partial charge is 0.256 e. The third kappa shape index (κ3) is 4.42. The molecule has 33 heavy (non-hydrogen) atoms. The van der Waals surface area contributed by atoms with Gasteiger partial charge in [-0.2, -0.15) is 0 Å². The lowest BCUT2D eigenvalue weighted by molar-refractivity contribution is 0.102. The van der Waals surface area contributed by atoms with Crippen LogP contribution in [-0.4, -0.2) is 50.0 Å². The first-order valence-electron chi connectivity index (χ1n) is 11.0. The molecule has 0 spiro atoms. The number of ether oxygens (including phenoxy) is 1. The van der Waals surface area contributed by atoms with Gasteiger partial charge < -0.3 is 14.6 Å². The Labute approximate surface area is 192 Å². The van der Waals surface area contributed by atoms with Gasteiger partial charge in [0.2, 0.25) is 0 Å². The number of amides is 1. The minimum Gasteiger partial charge on any atom is -0.491 e. The van der Waals surface area contributed by atoms with Crippen LogP contribution in [0.5, 0.6) is 5.75 Å². The lowest BCUT2D eigenvalue weighted by atomic mass is 10.1. The van der Waals surface area contributed by atoms with Crippen molar-refractivity contribution in [3.8, 4) is 17.0 Å². The Balaban J connectivity index is 1.38. The first-order valence-corrected chi connectivity index (χ1v) is 11.0. The minimum atomic E-state index is -0.226. The molecule has 0 bridgehead atoms. The summed E-state index contributed by atoms with van der Waals surface area (Å²) in [6, 6.07) is 11.0. The molecule has 0 atom stereocenters. The molecule has 3 aromatic heterocycles. The quantitative estimate of drug-likeness (QED) is 0.503. The number of nitrogens with zero attached hydrogens (tertiary/aromatic N) is 5. The van der Waals surface area contributed by atoms with Crippen LogP contribution in [0.3, 0.4) is 0 Å². The molecule has 0 saturated heterocycles. The Morgan fingerprint density at radius 2 is 1.85 bits per heavy atom. The summed E-state index contributed by atoms with van der Waals surface area (Å²) in [5.74, 6) is 2.05. The maximum Gasteiger partial charge on any atom is 0.256 e. The van der Waals surface area contributed by atoms with Crippen LogP contribution in [0.1, 0.15) is 30.0 Å². The molecule has 1 aliphatic rings. The second kappa shape index (κ2) is 8.63. The molecular formula is C25H26N6O2. The number of imidazole rings is 1. The second-order valence-electron chi connectivity index (χ2n) is 8.58. The number of carbonyl (C=O) groups excluding carboxylic acids is 1. The third-order valence-corrected chi connectivity index (χ3v) is 5.65. The van der Waals surface area contributed by atoms with Crippen molar-refractivity contribution in [1.29, 1.82) is 0 Å². The molecule has 0 radical (unpaired) electrons. The molecule has 8 heteroatoms. The molecule has 1 amide bonds. The van der Waals surface area contributed by atoms with E-state index in [2.05, 4.69) is 42.8 Å². The van der Waals surface area contributed by atoms with Gasteiger partial charge in [0.15, 0.2) is 0 Å². The number of nitrogens with one attached hydrogen (secondary N) is 1. The van der Waals surface area contributed by atoms with E-state index < -0.39 is 0 Å². The first-order chi connectivity index (χ1) is 16.0. The Morgan fingerprint density at radius 3 is 2.64 bits per heavy atom. The first kappa shape index (κ1) is 21.1. The summed E-state index contributed by atoms with van der Waals surface area (Å²) in [5, 5.41) is 3.78. The Kier molecular flexibility index (Phi) is 5.51. The van der Waals surface area contributed by atoms with Crippen molar-refractivity contribution < 1.29 is 9.53 Å². The zero-order valence-electron chi connectivity index (χ0n) is 18.9. The Bertz CT molecular complexity index is 1310. The number of hydrogen-bond acceptors (Lipinski definition) is 6. The van der Waals surface area contributed by atoms with Gasteiger partial charge in [-0.25, -0.2) is 9.97 Å². The molecule has 4 heterocycles. The molecule has 0 saturated carbocycles. The molecule has 0 aliphatic carbocycles. The van der Waals surface area contributed by atoms with Gasteiger partial charge in [0, 0.05) is 35.8 Å². The molecule has 168 valence electrons. The highest BCUT2D eigenvalue weighted by Gasteiger charge is 2.18. The van der Waals surface area contributed by atoms with E-state index in [0.717, 1.165) is 53.4 Å². The van der Waals surface area contributed by atoms with E-state index >= 15 is 0 Å². The lowest BCUT2D eigenvalue weighted by Gasteiger charge is -2.24. The van der Waals surface area contributed by atoms with Gasteiger partial charge in [-0.1, -0.05) is 0 Å². The van der Waals surface area contributed by atoms with Crippen molar-refractivity contribution in [3.05, 3.63) is 66.4 Å². The van der Waals surface area contributed by atoms with E-state index in [0.29, 0.717) is 11.4 Å². The molecule has 1 N–H and O–H groups in total. The highest BCUT2D eigenvalue weighted by Crippen LogP contribution is 2.26. The average Bonchev–Trinajstić information content (AvgIpc) is 3.21. The molecule has 0 unspecified atom stereocenters. The number of rotatable bonds is 5. The van der Waals surface area contributed by atoms with Gasteiger partial charge >= 0.3 is 0 Å². The number of hydrogen-bond donors (Lipinski definition) is 1. The summed E-state index contributed by atoms with van der Waals surface area (Å²) in [6.45, 7) is 6.66. The van der Waals surface area contributed by atoms with Gasteiger partial charge in [-0.3, -0.25) is 14.7 Å². The van der Waals surface area contributed by atoms with Crippen molar-refractivity contribution in [2.75, 3.05) is 18.9 Å². The van der Waals surface area contributed by atoms with Crippen LogP contribution in [0.4, 0.5) is 5.82 Å². The van der Waals surface area contributed by atoms with Crippen LogP contribution in [-0.2, 0) is 13.1 Å². The Hall–Kier alpha value is -3.78. The number of fused-ring (bicyclic) bond motifs is 2. The predicted molar refractivity (Wildman–Crippen MR) is 127 cm³/mol. The topological polar surface area (TPSA) is 85.2 Å². The summed E-state index contributed by atoms with van der Waals surface area (Å²) < 4.78 is 7.89. The monoisotopic (exact) mass is 442 g/mol. The van der Waals surface area contributed by atoms with E-state index in [1.807, 2.05) is 32.3 Å². The van der Waals surface area contributed by atoms with E-state index in [9.17, 15) is 4.79 Å². The van der Waals surface area contributed by atoms with E-state index in [1.165, 1.54) is 0 Å². The number of carbonyl (C=O) groups is 1. The van der Waals surface area contributed by atoms with Crippen LogP contribution in [0, 0.1) is 0 Å². The lowest BCUT2D eigenvalue weighted by Crippen LogP contribution is -2.30. The van der Waals surface area contributed by atoms with Crippen molar-refractivity contribution >= 4 is 22.6 Å². The number of pyridine rings is 2. The summed E-state index contributed by atoms with van der Waals surface area (Å²) in [6.07, 6.45) is 5.52.